The first kappa shape index (κ1) is 12.5. The average molecular weight is 235 g/mol. The zero-order chi connectivity index (χ0) is 12.3. The lowest BCUT2D eigenvalue weighted by Crippen LogP contribution is -2.36. The van der Waals surface area contributed by atoms with Gasteiger partial charge in [0.05, 0.1) is 18.0 Å². The van der Waals surface area contributed by atoms with E-state index >= 15 is 0 Å². The van der Waals surface area contributed by atoms with Crippen molar-refractivity contribution in [1.82, 2.24) is 15.3 Å². The summed E-state index contributed by atoms with van der Waals surface area (Å²) in [7, 11) is 0. The maximum absolute atomic E-state index is 5.42. The Kier molecular flexibility index (Phi) is 4.07. The van der Waals surface area contributed by atoms with Gasteiger partial charge in [0.15, 0.2) is 0 Å². The Labute approximate surface area is 103 Å². The standard InChI is InChI=1S/C13H21N3O/c1-9(12-4-7-17-8-12)16-11(3)13-10(2)14-5-6-15-13/h5-6,9,11-12,16H,4,7-8H2,1-3H3. The van der Waals surface area contributed by atoms with Crippen LogP contribution in [0.25, 0.3) is 0 Å². The molecule has 1 aliphatic heterocycles. The number of nitrogens with zero attached hydrogens (tertiary/aromatic N) is 2. The van der Waals surface area contributed by atoms with Gasteiger partial charge >= 0.3 is 0 Å². The van der Waals surface area contributed by atoms with Crippen molar-refractivity contribution >= 4 is 0 Å². The molecule has 1 aromatic rings. The van der Waals surface area contributed by atoms with Crippen molar-refractivity contribution in [3.63, 3.8) is 0 Å². The molecule has 2 rings (SSSR count). The quantitative estimate of drug-likeness (QED) is 0.865. The van der Waals surface area contributed by atoms with Crippen LogP contribution < -0.4 is 5.32 Å². The van der Waals surface area contributed by atoms with E-state index in [1.807, 2.05) is 6.92 Å². The lowest BCUT2D eigenvalue weighted by atomic mass is 9.99. The second-order valence-electron chi connectivity index (χ2n) is 4.83. The summed E-state index contributed by atoms with van der Waals surface area (Å²) in [6.07, 6.45) is 4.64. The molecule has 1 aromatic heterocycles. The topological polar surface area (TPSA) is 47.0 Å². The molecule has 3 unspecified atom stereocenters. The summed E-state index contributed by atoms with van der Waals surface area (Å²) < 4.78 is 5.42. The van der Waals surface area contributed by atoms with Gasteiger partial charge in [-0.2, -0.15) is 0 Å². The molecular formula is C13H21N3O. The van der Waals surface area contributed by atoms with Gasteiger partial charge in [0.1, 0.15) is 0 Å². The molecule has 0 radical (unpaired) electrons. The van der Waals surface area contributed by atoms with Crippen LogP contribution >= 0.6 is 0 Å². The van der Waals surface area contributed by atoms with Crippen LogP contribution in [0.1, 0.15) is 37.7 Å². The summed E-state index contributed by atoms with van der Waals surface area (Å²) in [5.74, 6) is 0.620. The highest BCUT2D eigenvalue weighted by Gasteiger charge is 2.24. The minimum atomic E-state index is 0.235. The molecule has 1 fully saturated rings. The second-order valence-corrected chi connectivity index (χ2v) is 4.83. The van der Waals surface area contributed by atoms with Crippen LogP contribution in [0.5, 0.6) is 0 Å². The summed E-state index contributed by atoms with van der Waals surface area (Å²) in [6, 6.07) is 0.688. The molecular weight excluding hydrogens is 214 g/mol. The second kappa shape index (κ2) is 5.56. The maximum atomic E-state index is 5.42. The molecule has 4 nitrogen and oxygen atoms in total. The van der Waals surface area contributed by atoms with E-state index in [-0.39, 0.29) is 6.04 Å². The highest BCUT2D eigenvalue weighted by Crippen LogP contribution is 2.20. The van der Waals surface area contributed by atoms with Gasteiger partial charge in [0.25, 0.3) is 0 Å². The SMILES string of the molecule is Cc1nccnc1C(C)NC(C)C1CCOC1. The van der Waals surface area contributed by atoms with Gasteiger partial charge in [0.2, 0.25) is 0 Å². The molecule has 2 heterocycles. The number of nitrogens with one attached hydrogen (secondary N) is 1. The molecule has 0 saturated carbocycles. The zero-order valence-electron chi connectivity index (χ0n) is 10.8. The largest absolute Gasteiger partial charge is 0.381 e. The van der Waals surface area contributed by atoms with Crippen molar-refractivity contribution in [2.24, 2.45) is 5.92 Å². The van der Waals surface area contributed by atoms with Crippen LogP contribution in [0.3, 0.4) is 0 Å². The third kappa shape index (κ3) is 3.01. The van der Waals surface area contributed by atoms with Crippen LogP contribution in [0.2, 0.25) is 0 Å². The van der Waals surface area contributed by atoms with Gasteiger partial charge in [-0.1, -0.05) is 0 Å². The van der Waals surface area contributed by atoms with Crippen molar-refractivity contribution in [2.75, 3.05) is 13.2 Å². The molecule has 1 N–H and O–H groups in total. The van der Waals surface area contributed by atoms with Gasteiger partial charge in [0, 0.05) is 31.1 Å². The van der Waals surface area contributed by atoms with Crippen molar-refractivity contribution in [1.29, 1.82) is 0 Å². The number of hydrogen-bond donors (Lipinski definition) is 1. The van der Waals surface area contributed by atoms with Crippen LogP contribution in [-0.2, 0) is 4.74 Å². The minimum Gasteiger partial charge on any atom is -0.381 e. The molecule has 17 heavy (non-hydrogen) atoms. The fourth-order valence-electron chi connectivity index (χ4n) is 2.40. The predicted molar refractivity (Wildman–Crippen MR) is 66.7 cm³/mol. The number of aromatic nitrogens is 2. The Morgan fingerprint density at radius 1 is 1.35 bits per heavy atom. The Bertz CT molecular complexity index is 363. The molecule has 94 valence electrons. The molecule has 0 bridgehead atoms. The highest BCUT2D eigenvalue weighted by atomic mass is 16.5. The van der Waals surface area contributed by atoms with Crippen LogP contribution in [-0.4, -0.2) is 29.2 Å². The Balaban J connectivity index is 1.96. The number of aryl methyl sites for hydroxylation is 1. The number of hydrogen-bond acceptors (Lipinski definition) is 4. The van der Waals surface area contributed by atoms with E-state index < -0.39 is 0 Å². The van der Waals surface area contributed by atoms with E-state index in [0.717, 1.165) is 31.0 Å². The molecule has 1 saturated heterocycles. The average Bonchev–Trinajstić information content (AvgIpc) is 2.82. The van der Waals surface area contributed by atoms with Crippen LogP contribution in [0.4, 0.5) is 0 Å². The fraction of sp³-hybridized carbons (Fsp3) is 0.692. The summed E-state index contributed by atoms with van der Waals surface area (Å²) >= 11 is 0. The third-order valence-corrected chi connectivity index (χ3v) is 3.51. The molecule has 4 heteroatoms. The Hall–Kier alpha value is -1.00. The lowest BCUT2D eigenvalue weighted by molar-refractivity contribution is 0.177. The van der Waals surface area contributed by atoms with E-state index in [1.165, 1.54) is 0 Å². The summed E-state index contributed by atoms with van der Waals surface area (Å²) in [6.45, 7) is 8.14. The normalized spacial score (nSPS) is 23.6. The zero-order valence-corrected chi connectivity index (χ0v) is 10.8. The molecule has 1 aliphatic rings. The van der Waals surface area contributed by atoms with E-state index in [1.54, 1.807) is 12.4 Å². The molecule has 3 atom stereocenters. The van der Waals surface area contributed by atoms with Crippen LogP contribution in [0.15, 0.2) is 12.4 Å². The van der Waals surface area contributed by atoms with Gasteiger partial charge < -0.3 is 10.1 Å². The first-order valence-corrected chi connectivity index (χ1v) is 6.29. The van der Waals surface area contributed by atoms with Gasteiger partial charge in [-0.05, 0) is 33.1 Å². The van der Waals surface area contributed by atoms with Crippen molar-refractivity contribution < 1.29 is 4.74 Å². The van der Waals surface area contributed by atoms with E-state index in [2.05, 4.69) is 29.1 Å². The predicted octanol–water partition coefficient (Wildman–Crippen LogP) is 1.86. The summed E-state index contributed by atoms with van der Waals surface area (Å²) in [5.41, 5.74) is 2.04. The van der Waals surface area contributed by atoms with Gasteiger partial charge in [-0.3, -0.25) is 9.97 Å². The summed E-state index contributed by atoms with van der Waals surface area (Å²) in [5, 5.41) is 3.60. The maximum Gasteiger partial charge on any atom is 0.0782 e. The molecule has 0 amide bonds. The summed E-state index contributed by atoms with van der Waals surface area (Å²) in [4.78, 5) is 8.68. The van der Waals surface area contributed by atoms with E-state index in [9.17, 15) is 0 Å². The fourth-order valence-corrected chi connectivity index (χ4v) is 2.40. The van der Waals surface area contributed by atoms with Gasteiger partial charge in [-0.25, -0.2) is 0 Å². The van der Waals surface area contributed by atoms with Crippen molar-refractivity contribution in [3.8, 4) is 0 Å². The number of ether oxygens (including phenoxy) is 1. The molecule has 0 spiro atoms. The monoisotopic (exact) mass is 235 g/mol. The smallest absolute Gasteiger partial charge is 0.0782 e. The third-order valence-electron chi connectivity index (χ3n) is 3.51. The van der Waals surface area contributed by atoms with E-state index in [0.29, 0.717) is 12.0 Å². The van der Waals surface area contributed by atoms with Crippen LogP contribution in [0, 0.1) is 12.8 Å². The number of rotatable bonds is 4. The molecule has 0 aromatic carbocycles. The van der Waals surface area contributed by atoms with Crippen molar-refractivity contribution in [3.05, 3.63) is 23.8 Å². The molecule has 0 aliphatic carbocycles. The van der Waals surface area contributed by atoms with E-state index in [4.69, 9.17) is 4.74 Å². The lowest BCUT2D eigenvalue weighted by Gasteiger charge is -2.24. The Morgan fingerprint density at radius 2 is 2.12 bits per heavy atom. The highest BCUT2D eigenvalue weighted by molar-refractivity contribution is 5.12. The van der Waals surface area contributed by atoms with Gasteiger partial charge in [-0.15, -0.1) is 0 Å². The van der Waals surface area contributed by atoms with Crippen molar-refractivity contribution in [2.45, 2.75) is 39.3 Å². The first-order chi connectivity index (χ1) is 8.18. The first-order valence-electron chi connectivity index (χ1n) is 6.29. The minimum absolute atomic E-state index is 0.235. The Morgan fingerprint density at radius 3 is 2.76 bits per heavy atom.